The standard InChI is InChI=1S/C14H17N3O4/c1-4-21-13(18)9-16-14(19)17(10(2)15-16)11-5-7-12(20-3)8-6-11/h5-8H,4,9H2,1-3H3. The van der Waals surface area contributed by atoms with E-state index in [0.29, 0.717) is 17.3 Å². The summed E-state index contributed by atoms with van der Waals surface area (Å²) in [6.45, 7) is 3.48. The first kappa shape index (κ1) is 14.8. The third-order valence-electron chi connectivity index (χ3n) is 2.92. The zero-order chi connectivity index (χ0) is 15.4. The lowest BCUT2D eigenvalue weighted by Crippen LogP contribution is -2.28. The zero-order valence-corrected chi connectivity index (χ0v) is 12.2. The third-order valence-corrected chi connectivity index (χ3v) is 2.92. The molecule has 1 aromatic heterocycles. The van der Waals surface area contributed by atoms with Crippen LogP contribution in [0.3, 0.4) is 0 Å². The van der Waals surface area contributed by atoms with Crippen LogP contribution in [0.1, 0.15) is 12.7 Å². The average Bonchev–Trinajstić information content (AvgIpc) is 2.74. The van der Waals surface area contributed by atoms with Crippen molar-refractivity contribution in [3.8, 4) is 11.4 Å². The molecule has 0 amide bonds. The summed E-state index contributed by atoms with van der Waals surface area (Å²) >= 11 is 0. The van der Waals surface area contributed by atoms with E-state index in [9.17, 15) is 9.59 Å². The van der Waals surface area contributed by atoms with Gasteiger partial charge in [0.25, 0.3) is 0 Å². The maximum Gasteiger partial charge on any atom is 0.351 e. The summed E-state index contributed by atoms with van der Waals surface area (Å²) < 4.78 is 12.4. The van der Waals surface area contributed by atoms with Gasteiger partial charge in [-0.25, -0.2) is 14.0 Å². The van der Waals surface area contributed by atoms with Crippen LogP contribution in [0.15, 0.2) is 29.1 Å². The quantitative estimate of drug-likeness (QED) is 0.766. The molecule has 0 spiro atoms. The highest BCUT2D eigenvalue weighted by atomic mass is 16.5. The van der Waals surface area contributed by atoms with Gasteiger partial charge in [-0.1, -0.05) is 0 Å². The van der Waals surface area contributed by atoms with Gasteiger partial charge in [0.2, 0.25) is 0 Å². The highest BCUT2D eigenvalue weighted by Crippen LogP contribution is 2.14. The van der Waals surface area contributed by atoms with Crippen molar-refractivity contribution in [3.63, 3.8) is 0 Å². The minimum Gasteiger partial charge on any atom is -0.497 e. The number of methoxy groups -OCH3 is 1. The molecule has 7 nitrogen and oxygen atoms in total. The number of carbonyl (C=O) groups is 1. The normalized spacial score (nSPS) is 10.4. The van der Waals surface area contributed by atoms with Crippen LogP contribution >= 0.6 is 0 Å². The molecule has 0 saturated carbocycles. The molecule has 112 valence electrons. The number of aryl methyl sites for hydroxylation is 1. The Hall–Kier alpha value is -2.57. The van der Waals surface area contributed by atoms with E-state index in [-0.39, 0.29) is 18.8 Å². The van der Waals surface area contributed by atoms with Crippen molar-refractivity contribution in [2.45, 2.75) is 20.4 Å². The Balaban J connectivity index is 2.34. The van der Waals surface area contributed by atoms with E-state index in [2.05, 4.69) is 5.10 Å². The zero-order valence-electron chi connectivity index (χ0n) is 12.2. The second kappa shape index (κ2) is 6.25. The van der Waals surface area contributed by atoms with Crippen molar-refractivity contribution < 1.29 is 14.3 Å². The number of hydrogen-bond donors (Lipinski definition) is 0. The number of hydrogen-bond acceptors (Lipinski definition) is 5. The SMILES string of the molecule is CCOC(=O)Cn1nc(C)n(-c2ccc(OC)cc2)c1=O. The van der Waals surface area contributed by atoms with Crippen molar-refractivity contribution in [1.82, 2.24) is 14.3 Å². The second-order valence-corrected chi connectivity index (χ2v) is 4.33. The van der Waals surface area contributed by atoms with E-state index < -0.39 is 5.97 Å². The lowest BCUT2D eigenvalue weighted by molar-refractivity contribution is -0.144. The molecule has 2 rings (SSSR count). The summed E-state index contributed by atoms with van der Waals surface area (Å²) in [5, 5.41) is 4.09. The van der Waals surface area contributed by atoms with E-state index in [1.54, 1.807) is 45.2 Å². The van der Waals surface area contributed by atoms with Gasteiger partial charge in [-0.05, 0) is 38.1 Å². The van der Waals surface area contributed by atoms with Crippen molar-refractivity contribution in [1.29, 1.82) is 0 Å². The van der Waals surface area contributed by atoms with Gasteiger partial charge >= 0.3 is 11.7 Å². The number of esters is 1. The van der Waals surface area contributed by atoms with Gasteiger partial charge in [-0.15, -0.1) is 0 Å². The number of rotatable bonds is 5. The Morgan fingerprint density at radius 1 is 1.29 bits per heavy atom. The monoisotopic (exact) mass is 291 g/mol. The lowest BCUT2D eigenvalue weighted by Gasteiger charge is -2.04. The Kier molecular flexibility index (Phi) is 4.42. The smallest absolute Gasteiger partial charge is 0.351 e. The molecule has 0 aliphatic carbocycles. The molecule has 0 aliphatic heterocycles. The number of carbonyl (C=O) groups excluding carboxylic acids is 1. The first-order valence-electron chi connectivity index (χ1n) is 6.53. The maximum atomic E-state index is 12.3. The number of aromatic nitrogens is 3. The van der Waals surface area contributed by atoms with E-state index in [1.165, 1.54) is 4.57 Å². The van der Waals surface area contributed by atoms with Crippen LogP contribution in [0, 0.1) is 6.92 Å². The number of ether oxygens (including phenoxy) is 2. The molecular weight excluding hydrogens is 274 g/mol. The fourth-order valence-corrected chi connectivity index (χ4v) is 1.98. The predicted molar refractivity (Wildman–Crippen MR) is 75.7 cm³/mol. The second-order valence-electron chi connectivity index (χ2n) is 4.33. The molecule has 0 unspecified atom stereocenters. The summed E-state index contributed by atoms with van der Waals surface area (Å²) in [4.78, 5) is 23.8. The molecule has 1 aromatic carbocycles. The van der Waals surface area contributed by atoms with Gasteiger partial charge in [0.15, 0.2) is 0 Å². The first-order chi connectivity index (χ1) is 10.1. The van der Waals surface area contributed by atoms with E-state index in [0.717, 1.165) is 4.68 Å². The third kappa shape index (κ3) is 3.13. The summed E-state index contributed by atoms with van der Waals surface area (Å²) in [5.74, 6) is 0.705. The van der Waals surface area contributed by atoms with E-state index in [1.807, 2.05) is 0 Å². The maximum absolute atomic E-state index is 12.3. The molecule has 21 heavy (non-hydrogen) atoms. The number of nitrogens with zero attached hydrogens (tertiary/aromatic N) is 3. The topological polar surface area (TPSA) is 75.3 Å². The molecular formula is C14H17N3O4. The van der Waals surface area contributed by atoms with Crippen molar-refractivity contribution >= 4 is 5.97 Å². The van der Waals surface area contributed by atoms with Gasteiger partial charge in [-0.3, -0.25) is 4.79 Å². The molecule has 1 heterocycles. The molecule has 2 aromatic rings. The summed E-state index contributed by atoms with van der Waals surface area (Å²) in [5.41, 5.74) is 0.277. The van der Waals surface area contributed by atoms with Crippen LogP contribution in [0.4, 0.5) is 0 Å². The predicted octanol–water partition coefficient (Wildman–Crippen LogP) is 0.914. The molecule has 0 atom stereocenters. The van der Waals surface area contributed by atoms with Crippen molar-refractivity contribution in [2.75, 3.05) is 13.7 Å². The van der Waals surface area contributed by atoms with Gasteiger partial charge < -0.3 is 9.47 Å². The van der Waals surface area contributed by atoms with Gasteiger partial charge in [0, 0.05) is 0 Å². The summed E-state index contributed by atoms with van der Waals surface area (Å²) in [6, 6.07) is 7.01. The average molecular weight is 291 g/mol. The fraction of sp³-hybridized carbons (Fsp3) is 0.357. The molecule has 7 heteroatoms. The van der Waals surface area contributed by atoms with Crippen LogP contribution in [0.5, 0.6) is 5.75 Å². The fourth-order valence-electron chi connectivity index (χ4n) is 1.98. The molecule has 0 aliphatic rings. The van der Waals surface area contributed by atoms with Crippen LogP contribution < -0.4 is 10.4 Å². The molecule has 0 radical (unpaired) electrons. The Labute approximate surface area is 121 Å². The van der Waals surface area contributed by atoms with Crippen LogP contribution in [-0.2, 0) is 16.1 Å². The number of benzene rings is 1. The Morgan fingerprint density at radius 2 is 1.95 bits per heavy atom. The molecule has 0 N–H and O–H groups in total. The van der Waals surface area contributed by atoms with E-state index >= 15 is 0 Å². The van der Waals surface area contributed by atoms with Gasteiger partial charge in [0.1, 0.15) is 18.1 Å². The van der Waals surface area contributed by atoms with Crippen LogP contribution in [0.25, 0.3) is 5.69 Å². The van der Waals surface area contributed by atoms with Crippen molar-refractivity contribution in [3.05, 3.63) is 40.6 Å². The molecule has 0 fully saturated rings. The summed E-state index contributed by atoms with van der Waals surface area (Å²) in [7, 11) is 1.57. The van der Waals surface area contributed by atoms with Crippen LogP contribution in [-0.4, -0.2) is 34.0 Å². The Bertz CT molecular complexity index is 685. The van der Waals surface area contributed by atoms with E-state index in [4.69, 9.17) is 9.47 Å². The minimum absolute atomic E-state index is 0.198. The minimum atomic E-state index is -0.487. The summed E-state index contributed by atoms with van der Waals surface area (Å²) in [6.07, 6.45) is 0. The van der Waals surface area contributed by atoms with Gasteiger partial charge in [-0.2, -0.15) is 5.10 Å². The van der Waals surface area contributed by atoms with Crippen molar-refractivity contribution in [2.24, 2.45) is 0 Å². The lowest BCUT2D eigenvalue weighted by atomic mass is 10.3. The highest BCUT2D eigenvalue weighted by molar-refractivity contribution is 5.68. The van der Waals surface area contributed by atoms with Gasteiger partial charge in [0.05, 0.1) is 19.4 Å². The highest BCUT2D eigenvalue weighted by Gasteiger charge is 2.14. The van der Waals surface area contributed by atoms with Crippen LogP contribution in [0.2, 0.25) is 0 Å². The molecule has 0 bridgehead atoms. The molecule has 0 saturated heterocycles. The first-order valence-corrected chi connectivity index (χ1v) is 6.53. The Morgan fingerprint density at radius 3 is 2.52 bits per heavy atom. The largest absolute Gasteiger partial charge is 0.497 e.